The van der Waals surface area contributed by atoms with Crippen molar-refractivity contribution in [1.82, 2.24) is 9.80 Å². The van der Waals surface area contributed by atoms with E-state index in [0.29, 0.717) is 38.8 Å². The molecule has 9 nitrogen and oxygen atoms in total. The maximum atomic E-state index is 13.2. The molecule has 2 rings (SSSR count). The third-order valence-electron chi connectivity index (χ3n) is 9.41. The Morgan fingerprint density at radius 1 is 0.750 bits per heavy atom. The molecule has 9 heteroatoms. The van der Waals surface area contributed by atoms with Crippen LogP contribution in [0.5, 0.6) is 0 Å². The quantitative estimate of drug-likeness (QED) is 0.0508. The Labute approximate surface area is 293 Å². The van der Waals surface area contributed by atoms with Gasteiger partial charge in [-0.15, -0.1) is 0 Å². The topological polar surface area (TPSA) is 94.6 Å². The molecular formula is C39H72N2O7. The average molecular weight is 681 g/mol. The molecule has 0 saturated carbocycles. The molecule has 2 aliphatic heterocycles. The first-order valence-corrected chi connectivity index (χ1v) is 19.8. The van der Waals surface area contributed by atoms with Crippen LogP contribution in [0.4, 0.5) is 4.79 Å². The lowest BCUT2D eigenvalue weighted by Crippen LogP contribution is -2.44. The number of hydrogen-bond acceptors (Lipinski definition) is 8. The summed E-state index contributed by atoms with van der Waals surface area (Å²) in [5, 5.41) is 0. The Balaban J connectivity index is 1.74. The Kier molecular flexibility index (Phi) is 22.2. The van der Waals surface area contributed by atoms with Crippen LogP contribution in [0.15, 0.2) is 0 Å². The lowest BCUT2D eigenvalue weighted by atomic mass is 10.0. The minimum absolute atomic E-state index is 0.00395. The first-order chi connectivity index (χ1) is 23.1. The van der Waals surface area contributed by atoms with Gasteiger partial charge in [0.15, 0.2) is 0 Å². The van der Waals surface area contributed by atoms with E-state index in [4.69, 9.17) is 18.9 Å². The van der Waals surface area contributed by atoms with Gasteiger partial charge in [-0.1, -0.05) is 78.1 Å². The third-order valence-corrected chi connectivity index (χ3v) is 9.41. The fraction of sp³-hybridized carbons (Fsp3) is 0.923. The number of esters is 2. The fourth-order valence-corrected chi connectivity index (χ4v) is 6.66. The van der Waals surface area contributed by atoms with Crippen molar-refractivity contribution in [2.24, 2.45) is 0 Å². The van der Waals surface area contributed by atoms with Gasteiger partial charge in [0.2, 0.25) is 0 Å². The molecular weight excluding hydrogens is 608 g/mol. The van der Waals surface area contributed by atoms with E-state index in [1.807, 2.05) is 20.8 Å². The number of nitrogens with zero attached hydrogens (tertiary/aromatic N) is 2. The van der Waals surface area contributed by atoms with E-state index in [2.05, 4.69) is 18.7 Å². The Morgan fingerprint density at radius 2 is 1.35 bits per heavy atom. The van der Waals surface area contributed by atoms with Gasteiger partial charge in [-0.25, -0.2) is 9.59 Å². The van der Waals surface area contributed by atoms with Gasteiger partial charge in [0.1, 0.15) is 17.7 Å². The highest BCUT2D eigenvalue weighted by Gasteiger charge is 2.43. The van der Waals surface area contributed by atoms with Crippen LogP contribution >= 0.6 is 0 Å². The van der Waals surface area contributed by atoms with Crippen molar-refractivity contribution in [3.63, 3.8) is 0 Å². The number of likely N-dealkylation sites (tertiary alicyclic amines) is 2. The van der Waals surface area contributed by atoms with Gasteiger partial charge >= 0.3 is 18.0 Å². The van der Waals surface area contributed by atoms with Crippen LogP contribution in [-0.4, -0.2) is 91.1 Å². The summed E-state index contributed by atoms with van der Waals surface area (Å²) in [7, 11) is 0. The zero-order valence-corrected chi connectivity index (χ0v) is 31.6. The predicted molar refractivity (Wildman–Crippen MR) is 192 cm³/mol. The molecule has 2 atom stereocenters. The van der Waals surface area contributed by atoms with Gasteiger partial charge in [0.05, 0.1) is 19.3 Å². The number of hydrogen-bond donors (Lipinski definition) is 0. The smallest absolute Gasteiger partial charge is 0.411 e. The van der Waals surface area contributed by atoms with Crippen molar-refractivity contribution >= 4 is 18.0 Å². The Bertz CT molecular complexity index is 855. The van der Waals surface area contributed by atoms with Crippen LogP contribution in [0.2, 0.25) is 0 Å². The third kappa shape index (κ3) is 19.4. The molecule has 2 saturated heterocycles. The maximum Gasteiger partial charge on any atom is 0.411 e. The Hall–Kier alpha value is -1.87. The number of rotatable bonds is 26. The zero-order valence-electron chi connectivity index (χ0n) is 31.6. The van der Waals surface area contributed by atoms with Gasteiger partial charge < -0.3 is 23.8 Å². The van der Waals surface area contributed by atoms with Gasteiger partial charge in [-0.05, 0) is 91.6 Å². The average Bonchev–Trinajstić information content (AvgIpc) is 3.72. The molecule has 0 radical (unpaired) electrons. The first kappa shape index (κ1) is 42.3. The van der Waals surface area contributed by atoms with Crippen molar-refractivity contribution in [2.75, 3.05) is 39.4 Å². The van der Waals surface area contributed by atoms with Gasteiger partial charge in [0, 0.05) is 26.0 Å². The van der Waals surface area contributed by atoms with Crippen LogP contribution < -0.4 is 0 Å². The Morgan fingerprint density at radius 3 is 1.96 bits per heavy atom. The maximum absolute atomic E-state index is 13.2. The van der Waals surface area contributed by atoms with Crippen LogP contribution in [0.1, 0.15) is 169 Å². The van der Waals surface area contributed by atoms with Crippen molar-refractivity contribution in [3.8, 4) is 0 Å². The van der Waals surface area contributed by atoms with Crippen molar-refractivity contribution in [1.29, 1.82) is 0 Å². The molecule has 0 N–H and O–H groups in total. The van der Waals surface area contributed by atoms with E-state index in [0.717, 1.165) is 51.7 Å². The highest BCUT2D eigenvalue weighted by Crippen LogP contribution is 2.25. The molecule has 280 valence electrons. The first-order valence-electron chi connectivity index (χ1n) is 19.8. The van der Waals surface area contributed by atoms with Crippen LogP contribution in [0, 0.1) is 0 Å². The van der Waals surface area contributed by atoms with E-state index in [1.54, 1.807) is 0 Å². The summed E-state index contributed by atoms with van der Waals surface area (Å²) < 4.78 is 23.3. The fourth-order valence-electron chi connectivity index (χ4n) is 6.66. The molecule has 2 aliphatic rings. The molecule has 0 aliphatic carbocycles. The lowest BCUT2D eigenvalue weighted by Gasteiger charge is -2.27. The van der Waals surface area contributed by atoms with E-state index >= 15 is 0 Å². The largest absolute Gasteiger partial charge is 0.464 e. The summed E-state index contributed by atoms with van der Waals surface area (Å²) >= 11 is 0. The SMILES string of the molecule is CCCCCCCCC(CCCCCCCC)OC(=O)CCCCOC(=O)[C@@H]1CC(OCCCN2CCCC2)CN1C(=O)OC(C)(C)C. The molecule has 0 bridgehead atoms. The van der Waals surface area contributed by atoms with E-state index in [1.165, 1.54) is 81.9 Å². The summed E-state index contributed by atoms with van der Waals surface area (Å²) in [6, 6.07) is -0.738. The lowest BCUT2D eigenvalue weighted by molar-refractivity contribution is -0.150. The molecule has 0 aromatic heterocycles. The second-order valence-electron chi connectivity index (χ2n) is 15.1. The minimum atomic E-state index is -0.738. The van der Waals surface area contributed by atoms with Gasteiger partial charge in [-0.2, -0.15) is 0 Å². The van der Waals surface area contributed by atoms with Crippen LogP contribution in [0.25, 0.3) is 0 Å². The molecule has 1 unspecified atom stereocenters. The second-order valence-corrected chi connectivity index (χ2v) is 15.1. The number of carbonyl (C=O) groups is 3. The summed E-state index contributed by atoms with van der Waals surface area (Å²) in [6.07, 6.45) is 21.3. The predicted octanol–water partition coefficient (Wildman–Crippen LogP) is 8.99. The number of amides is 1. The summed E-state index contributed by atoms with van der Waals surface area (Å²) in [5.41, 5.74) is -0.670. The monoisotopic (exact) mass is 681 g/mol. The molecule has 48 heavy (non-hydrogen) atoms. The molecule has 2 fully saturated rings. The number of carbonyl (C=O) groups excluding carboxylic acids is 3. The molecule has 1 amide bonds. The minimum Gasteiger partial charge on any atom is -0.464 e. The highest BCUT2D eigenvalue weighted by atomic mass is 16.6. The van der Waals surface area contributed by atoms with Gasteiger partial charge in [-0.3, -0.25) is 9.69 Å². The highest BCUT2D eigenvalue weighted by molar-refractivity contribution is 5.82. The number of ether oxygens (including phenoxy) is 4. The van der Waals surface area contributed by atoms with Crippen molar-refractivity contribution in [2.45, 2.75) is 193 Å². The van der Waals surface area contributed by atoms with E-state index < -0.39 is 23.7 Å². The van der Waals surface area contributed by atoms with Gasteiger partial charge in [0.25, 0.3) is 0 Å². The number of unbranched alkanes of at least 4 members (excludes halogenated alkanes) is 11. The van der Waals surface area contributed by atoms with E-state index in [-0.39, 0.29) is 24.8 Å². The van der Waals surface area contributed by atoms with Crippen molar-refractivity contribution < 1.29 is 33.3 Å². The standard InChI is InChI=1S/C39H72N2O7/c1-6-8-10-12-14-16-23-33(24-17-15-13-11-9-7-2)47-36(42)25-18-21-29-46-37(43)35-31-34(32-41(35)38(44)48-39(3,4)5)45-30-22-28-40-26-19-20-27-40/h33-35H,6-32H2,1-5H3/t34?,35-/m0/s1. The normalized spacial score (nSPS) is 18.5. The van der Waals surface area contributed by atoms with E-state index in [9.17, 15) is 14.4 Å². The van der Waals surface area contributed by atoms with Crippen LogP contribution in [0.3, 0.4) is 0 Å². The second kappa shape index (κ2) is 25.1. The zero-order chi connectivity index (χ0) is 35.0. The molecule has 0 spiro atoms. The summed E-state index contributed by atoms with van der Waals surface area (Å²) in [6.45, 7) is 14.4. The molecule has 2 heterocycles. The molecule has 0 aromatic rings. The van der Waals surface area contributed by atoms with Crippen molar-refractivity contribution in [3.05, 3.63) is 0 Å². The summed E-state index contributed by atoms with van der Waals surface area (Å²) in [5.74, 6) is -0.593. The summed E-state index contributed by atoms with van der Waals surface area (Å²) in [4.78, 5) is 42.8. The van der Waals surface area contributed by atoms with Crippen LogP contribution in [-0.2, 0) is 28.5 Å². The molecule has 0 aromatic carbocycles.